The number of nitrogens with one attached hydrogen (secondary N) is 2. The number of carbonyl (C=O) groups is 2. The summed E-state index contributed by atoms with van der Waals surface area (Å²) >= 11 is 12.1. The molecule has 0 aliphatic heterocycles. The van der Waals surface area contributed by atoms with Crippen molar-refractivity contribution in [2.75, 3.05) is 16.5 Å². The summed E-state index contributed by atoms with van der Waals surface area (Å²) in [5.41, 5.74) is 4.65. The van der Waals surface area contributed by atoms with Crippen molar-refractivity contribution >= 4 is 57.4 Å². The summed E-state index contributed by atoms with van der Waals surface area (Å²) in [6.07, 6.45) is 4.49. The molecule has 0 saturated carbocycles. The molecule has 3 aromatic carbocycles. The van der Waals surface area contributed by atoms with Gasteiger partial charge in [0.25, 0.3) is 5.91 Å². The van der Waals surface area contributed by atoms with Crippen LogP contribution in [-0.2, 0) is 11.8 Å². The minimum absolute atomic E-state index is 0.162. The predicted octanol–water partition coefficient (Wildman–Crippen LogP) is 5.75. The second kappa shape index (κ2) is 10.4. The van der Waals surface area contributed by atoms with Crippen molar-refractivity contribution in [1.29, 1.82) is 5.26 Å². The van der Waals surface area contributed by atoms with Crippen molar-refractivity contribution in [3.63, 3.8) is 0 Å². The maximum atomic E-state index is 12.9. The molecule has 174 valence electrons. The molecule has 0 unspecified atom stereocenters. The van der Waals surface area contributed by atoms with E-state index >= 15 is 0 Å². The highest BCUT2D eigenvalue weighted by atomic mass is 35.5. The van der Waals surface area contributed by atoms with E-state index in [-0.39, 0.29) is 17.0 Å². The molecule has 9 heteroatoms. The number of allylic oxidation sites excluding steroid dienone is 1. The second-order valence-corrected chi connectivity index (χ2v) is 8.35. The Kier molecular flexibility index (Phi) is 7.16. The first kappa shape index (κ1) is 24.0. The molecule has 2 amide bonds. The number of nitrogens with zero attached hydrogens (tertiary/aromatic N) is 3. The quantitative estimate of drug-likeness (QED) is 0.258. The van der Waals surface area contributed by atoms with Gasteiger partial charge in [0.15, 0.2) is 0 Å². The standard InChI is InChI=1S/C26H19Cl2N5O2/c1-33-15-30-23-12-20(21(28)13-24(23)33)16-4-2-5-19(11-16)31-26(35)17-7-8-22(18(10-17)14-29)32-25(34)6-3-9-27/h2-8,10-13,15H,9H2,1H3,(H,31,35)(H,32,34)/b6-3+. The Morgan fingerprint density at radius 1 is 1.14 bits per heavy atom. The third kappa shape index (κ3) is 5.35. The highest BCUT2D eigenvalue weighted by Gasteiger charge is 2.13. The number of fused-ring (bicyclic) bond motifs is 1. The smallest absolute Gasteiger partial charge is 0.255 e. The number of anilines is 2. The summed E-state index contributed by atoms with van der Waals surface area (Å²) in [5.74, 6) is -0.619. The fourth-order valence-corrected chi connectivity index (χ4v) is 3.91. The number of nitriles is 1. The number of aryl methyl sites for hydroxylation is 1. The van der Waals surface area contributed by atoms with Gasteiger partial charge in [0.2, 0.25) is 5.91 Å². The number of aromatic nitrogens is 2. The minimum Gasteiger partial charge on any atom is -0.334 e. The van der Waals surface area contributed by atoms with Crippen molar-refractivity contribution in [2.24, 2.45) is 7.05 Å². The van der Waals surface area contributed by atoms with E-state index in [9.17, 15) is 14.9 Å². The van der Waals surface area contributed by atoms with Crippen LogP contribution in [0.4, 0.5) is 11.4 Å². The van der Waals surface area contributed by atoms with Crippen molar-refractivity contribution in [3.8, 4) is 17.2 Å². The second-order valence-electron chi connectivity index (χ2n) is 7.63. The number of imidazole rings is 1. The Labute approximate surface area is 211 Å². The normalized spacial score (nSPS) is 10.9. The van der Waals surface area contributed by atoms with Crippen LogP contribution in [0.15, 0.2) is 73.1 Å². The molecule has 0 fully saturated rings. The molecule has 0 aliphatic carbocycles. The lowest BCUT2D eigenvalue weighted by Crippen LogP contribution is -2.14. The number of halogens is 2. The summed E-state index contributed by atoms with van der Waals surface area (Å²) in [6.45, 7) is 0. The Bertz CT molecular complexity index is 1520. The van der Waals surface area contributed by atoms with Crippen LogP contribution in [0.2, 0.25) is 5.02 Å². The molecular formula is C26H19Cl2N5O2. The summed E-state index contributed by atoms with van der Waals surface area (Å²) in [5, 5.41) is 15.5. The van der Waals surface area contributed by atoms with E-state index in [1.807, 2.05) is 48.0 Å². The van der Waals surface area contributed by atoms with Gasteiger partial charge in [-0.3, -0.25) is 9.59 Å². The first-order valence-corrected chi connectivity index (χ1v) is 11.4. The number of hydrogen-bond acceptors (Lipinski definition) is 4. The van der Waals surface area contributed by atoms with Gasteiger partial charge in [-0.1, -0.05) is 29.8 Å². The van der Waals surface area contributed by atoms with Crippen LogP contribution >= 0.6 is 23.2 Å². The Morgan fingerprint density at radius 3 is 2.74 bits per heavy atom. The molecule has 1 aromatic heterocycles. The first-order valence-electron chi connectivity index (χ1n) is 10.5. The Balaban J connectivity index is 1.56. The van der Waals surface area contributed by atoms with Gasteiger partial charge in [0, 0.05) is 35.8 Å². The van der Waals surface area contributed by atoms with Crippen molar-refractivity contribution < 1.29 is 9.59 Å². The topological polar surface area (TPSA) is 99.8 Å². The molecule has 0 bridgehead atoms. The van der Waals surface area contributed by atoms with E-state index in [1.165, 1.54) is 30.4 Å². The maximum Gasteiger partial charge on any atom is 0.255 e. The number of carbonyl (C=O) groups excluding carboxylic acids is 2. The van der Waals surface area contributed by atoms with Crippen LogP contribution in [0.3, 0.4) is 0 Å². The van der Waals surface area contributed by atoms with Gasteiger partial charge in [0.1, 0.15) is 6.07 Å². The number of rotatable bonds is 6. The molecule has 0 spiro atoms. The van der Waals surface area contributed by atoms with Crippen LogP contribution < -0.4 is 10.6 Å². The van der Waals surface area contributed by atoms with Gasteiger partial charge in [0.05, 0.1) is 33.6 Å². The first-order chi connectivity index (χ1) is 16.9. The number of amides is 2. The summed E-state index contributed by atoms with van der Waals surface area (Å²) < 4.78 is 1.89. The van der Waals surface area contributed by atoms with Crippen LogP contribution in [0.25, 0.3) is 22.2 Å². The van der Waals surface area contributed by atoms with Gasteiger partial charge < -0.3 is 15.2 Å². The van der Waals surface area contributed by atoms with Gasteiger partial charge in [-0.25, -0.2) is 4.98 Å². The molecule has 0 atom stereocenters. The van der Waals surface area contributed by atoms with E-state index in [2.05, 4.69) is 15.6 Å². The largest absolute Gasteiger partial charge is 0.334 e. The van der Waals surface area contributed by atoms with Crippen LogP contribution in [0.5, 0.6) is 0 Å². The average Bonchev–Trinajstić information content (AvgIpc) is 3.21. The molecule has 4 rings (SSSR count). The van der Waals surface area contributed by atoms with E-state index in [1.54, 1.807) is 12.4 Å². The zero-order valence-corrected chi connectivity index (χ0v) is 20.1. The van der Waals surface area contributed by atoms with E-state index in [0.29, 0.717) is 16.4 Å². The summed E-state index contributed by atoms with van der Waals surface area (Å²) in [7, 11) is 1.90. The Hall–Kier alpha value is -4.12. The summed E-state index contributed by atoms with van der Waals surface area (Å²) in [6, 6.07) is 17.5. The SMILES string of the molecule is Cn1cnc2cc(-c3cccc(NC(=O)c4ccc(NC(=O)/C=C/CCl)c(C#N)c4)c3)c(Cl)cc21. The van der Waals surface area contributed by atoms with Crippen molar-refractivity contribution in [3.05, 3.63) is 89.2 Å². The van der Waals surface area contributed by atoms with Gasteiger partial charge in [-0.2, -0.15) is 5.26 Å². The fraction of sp³-hybridized carbons (Fsp3) is 0.0769. The summed E-state index contributed by atoms with van der Waals surface area (Å²) in [4.78, 5) is 29.1. The third-order valence-corrected chi connectivity index (χ3v) is 5.75. The molecular weight excluding hydrogens is 485 g/mol. The van der Waals surface area contributed by atoms with Gasteiger partial charge >= 0.3 is 0 Å². The fourth-order valence-electron chi connectivity index (χ4n) is 3.55. The molecule has 35 heavy (non-hydrogen) atoms. The molecule has 0 saturated heterocycles. The van der Waals surface area contributed by atoms with E-state index < -0.39 is 11.8 Å². The Morgan fingerprint density at radius 2 is 1.97 bits per heavy atom. The molecule has 0 radical (unpaired) electrons. The number of benzene rings is 3. The number of alkyl halides is 1. The zero-order valence-electron chi connectivity index (χ0n) is 18.5. The zero-order chi connectivity index (χ0) is 24.9. The highest BCUT2D eigenvalue weighted by Crippen LogP contribution is 2.33. The van der Waals surface area contributed by atoms with E-state index in [4.69, 9.17) is 23.2 Å². The lowest BCUT2D eigenvalue weighted by molar-refractivity contribution is -0.111. The molecule has 2 N–H and O–H groups in total. The van der Waals surface area contributed by atoms with Crippen molar-refractivity contribution in [1.82, 2.24) is 9.55 Å². The monoisotopic (exact) mass is 503 g/mol. The molecule has 0 aliphatic rings. The molecule has 7 nitrogen and oxygen atoms in total. The van der Waals surface area contributed by atoms with Gasteiger partial charge in [-0.05, 0) is 48.0 Å². The third-order valence-electron chi connectivity index (χ3n) is 5.26. The number of hydrogen-bond donors (Lipinski definition) is 2. The molecule has 1 heterocycles. The van der Waals surface area contributed by atoms with E-state index in [0.717, 1.165) is 22.2 Å². The predicted molar refractivity (Wildman–Crippen MR) is 139 cm³/mol. The average molecular weight is 504 g/mol. The minimum atomic E-state index is -0.418. The van der Waals surface area contributed by atoms with Crippen LogP contribution in [0.1, 0.15) is 15.9 Å². The highest BCUT2D eigenvalue weighted by molar-refractivity contribution is 6.34. The maximum absolute atomic E-state index is 12.9. The lowest BCUT2D eigenvalue weighted by Gasteiger charge is -2.11. The molecule has 4 aromatic rings. The van der Waals surface area contributed by atoms with Gasteiger partial charge in [-0.15, -0.1) is 11.6 Å². The van der Waals surface area contributed by atoms with Crippen LogP contribution in [0, 0.1) is 11.3 Å². The van der Waals surface area contributed by atoms with Crippen LogP contribution in [-0.4, -0.2) is 27.2 Å². The van der Waals surface area contributed by atoms with Crippen molar-refractivity contribution in [2.45, 2.75) is 0 Å². The lowest BCUT2D eigenvalue weighted by atomic mass is 10.0.